The molecule has 0 radical (unpaired) electrons. The minimum atomic E-state index is -0.361. The molecule has 2 saturated heterocycles. The van der Waals surface area contributed by atoms with Gasteiger partial charge in [-0.2, -0.15) is 4.98 Å². The number of ether oxygens (including phenoxy) is 1. The summed E-state index contributed by atoms with van der Waals surface area (Å²) in [6, 6.07) is 10.3. The van der Waals surface area contributed by atoms with E-state index in [9.17, 15) is 4.79 Å². The van der Waals surface area contributed by atoms with Crippen LogP contribution < -0.4 is 15.5 Å². The number of cyclic esters (lactones) is 1. The monoisotopic (exact) mass is 368 g/mol. The maximum atomic E-state index is 11.7. The summed E-state index contributed by atoms with van der Waals surface area (Å²) in [5, 5.41) is 6.60. The smallest absolute Gasteiger partial charge is 0.415 e. The Labute approximate surface area is 158 Å². The predicted octanol–water partition coefficient (Wildman–Crippen LogP) is 1.45. The van der Waals surface area contributed by atoms with Crippen LogP contribution in [0.5, 0.6) is 0 Å². The molecule has 8 nitrogen and oxygen atoms in total. The zero-order chi connectivity index (χ0) is 18.5. The fourth-order valence-corrected chi connectivity index (χ4v) is 3.26. The Kier molecular flexibility index (Phi) is 5.45. The molecule has 4 rings (SSSR count). The Morgan fingerprint density at radius 2 is 1.85 bits per heavy atom. The van der Waals surface area contributed by atoms with E-state index in [1.165, 1.54) is 10.5 Å². The molecule has 2 aromatic rings. The maximum Gasteiger partial charge on any atom is 0.415 e. The molecule has 0 saturated carbocycles. The Hall–Kier alpha value is -2.71. The van der Waals surface area contributed by atoms with E-state index in [1.54, 1.807) is 12.3 Å². The molecule has 0 aliphatic carbocycles. The molecular weight excluding hydrogens is 344 g/mol. The summed E-state index contributed by atoms with van der Waals surface area (Å²) in [5.41, 5.74) is 2.49. The van der Waals surface area contributed by atoms with Crippen LogP contribution in [0.1, 0.15) is 11.1 Å². The number of rotatable bonds is 6. The molecule has 1 aromatic carbocycles. The lowest BCUT2D eigenvalue weighted by Gasteiger charge is -2.27. The van der Waals surface area contributed by atoms with E-state index in [4.69, 9.17) is 4.74 Å². The molecular formula is C19H24N6O2. The van der Waals surface area contributed by atoms with Crippen LogP contribution in [0.25, 0.3) is 0 Å². The largest absolute Gasteiger partial charge is 0.447 e. The van der Waals surface area contributed by atoms with Crippen LogP contribution in [0.4, 0.5) is 16.6 Å². The average Bonchev–Trinajstić information content (AvgIpc) is 3.14. The second-order valence-electron chi connectivity index (χ2n) is 6.70. The molecule has 1 aromatic heterocycles. The van der Waals surface area contributed by atoms with Gasteiger partial charge in [0.1, 0.15) is 12.4 Å². The SMILES string of the molecule is O=C1OCCN1c1ccnc(NCc2ccc(CN3CCNCC3)cc2)n1. The van der Waals surface area contributed by atoms with Crippen LogP contribution >= 0.6 is 0 Å². The van der Waals surface area contributed by atoms with E-state index in [-0.39, 0.29) is 6.09 Å². The number of nitrogens with one attached hydrogen (secondary N) is 2. The van der Waals surface area contributed by atoms with Gasteiger partial charge in [-0.15, -0.1) is 0 Å². The van der Waals surface area contributed by atoms with Gasteiger partial charge in [0.2, 0.25) is 5.95 Å². The van der Waals surface area contributed by atoms with Crippen molar-refractivity contribution < 1.29 is 9.53 Å². The fourth-order valence-electron chi connectivity index (χ4n) is 3.26. The number of carbonyl (C=O) groups is 1. The quantitative estimate of drug-likeness (QED) is 0.798. The van der Waals surface area contributed by atoms with E-state index in [0.29, 0.717) is 31.5 Å². The van der Waals surface area contributed by atoms with Gasteiger partial charge in [-0.3, -0.25) is 9.80 Å². The van der Waals surface area contributed by atoms with Gasteiger partial charge >= 0.3 is 6.09 Å². The first-order valence-electron chi connectivity index (χ1n) is 9.30. The van der Waals surface area contributed by atoms with Gasteiger partial charge in [0, 0.05) is 45.5 Å². The summed E-state index contributed by atoms with van der Waals surface area (Å²) in [5.74, 6) is 1.05. The van der Waals surface area contributed by atoms with Crippen LogP contribution in [0.15, 0.2) is 36.5 Å². The number of nitrogens with zero attached hydrogens (tertiary/aromatic N) is 4. The molecule has 8 heteroatoms. The van der Waals surface area contributed by atoms with Crippen molar-refractivity contribution in [3.05, 3.63) is 47.7 Å². The molecule has 0 bridgehead atoms. The van der Waals surface area contributed by atoms with Crippen molar-refractivity contribution in [2.45, 2.75) is 13.1 Å². The molecule has 0 unspecified atom stereocenters. The van der Waals surface area contributed by atoms with Gasteiger partial charge in [-0.1, -0.05) is 24.3 Å². The number of carbonyl (C=O) groups excluding carboxylic acids is 1. The first-order valence-corrected chi connectivity index (χ1v) is 9.30. The van der Waals surface area contributed by atoms with Gasteiger partial charge < -0.3 is 15.4 Å². The highest BCUT2D eigenvalue weighted by Gasteiger charge is 2.24. The van der Waals surface area contributed by atoms with Crippen LogP contribution in [-0.4, -0.2) is 60.3 Å². The lowest BCUT2D eigenvalue weighted by atomic mass is 10.1. The molecule has 142 valence electrons. The molecule has 2 aliphatic heterocycles. The average molecular weight is 368 g/mol. The lowest BCUT2D eigenvalue weighted by Crippen LogP contribution is -2.42. The third kappa shape index (κ3) is 4.53. The second-order valence-corrected chi connectivity index (χ2v) is 6.70. The minimum Gasteiger partial charge on any atom is -0.447 e. The number of hydrogen-bond donors (Lipinski definition) is 2. The summed E-state index contributed by atoms with van der Waals surface area (Å²) in [6.07, 6.45) is 1.28. The first kappa shape index (κ1) is 17.7. The summed E-state index contributed by atoms with van der Waals surface area (Å²) in [6.45, 7) is 6.86. The van der Waals surface area contributed by atoms with Gasteiger partial charge in [-0.05, 0) is 17.2 Å². The fraction of sp³-hybridized carbons (Fsp3) is 0.421. The molecule has 2 aliphatic rings. The number of hydrogen-bond acceptors (Lipinski definition) is 7. The summed E-state index contributed by atoms with van der Waals surface area (Å²) in [4.78, 5) is 24.3. The predicted molar refractivity (Wildman–Crippen MR) is 103 cm³/mol. The number of piperazine rings is 1. The normalized spacial score (nSPS) is 17.8. The summed E-state index contributed by atoms with van der Waals surface area (Å²) in [7, 11) is 0. The van der Waals surface area contributed by atoms with Crippen molar-refractivity contribution in [2.75, 3.05) is 49.5 Å². The standard InChI is InChI=1S/C19H24N6O2/c26-19-25(11-12-27-19)17-5-6-21-18(23-17)22-13-15-1-3-16(4-2-15)14-24-9-7-20-8-10-24/h1-6,20H,7-14H2,(H,21,22,23). The van der Waals surface area contributed by atoms with Crippen molar-refractivity contribution >= 4 is 17.9 Å². The Morgan fingerprint density at radius 3 is 2.59 bits per heavy atom. The number of anilines is 2. The zero-order valence-electron chi connectivity index (χ0n) is 15.2. The third-order valence-electron chi connectivity index (χ3n) is 4.77. The number of amides is 1. The third-order valence-corrected chi connectivity index (χ3v) is 4.77. The van der Waals surface area contributed by atoms with Crippen LogP contribution in [0.3, 0.4) is 0 Å². The van der Waals surface area contributed by atoms with Crippen molar-refractivity contribution in [1.82, 2.24) is 20.2 Å². The van der Waals surface area contributed by atoms with Crippen molar-refractivity contribution in [2.24, 2.45) is 0 Å². The van der Waals surface area contributed by atoms with Crippen molar-refractivity contribution in [3.63, 3.8) is 0 Å². The van der Waals surface area contributed by atoms with E-state index < -0.39 is 0 Å². The molecule has 0 atom stereocenters. The molecule has 1 amide bonds. The Balaban J connectivity index is 1.32. The molecule has 0 spiro atoms. The highest BCUT2D eigenvalue weighted by Crippen LogP contribution is 2.17. The van der Waals surface area contributed by atoms with Crippen LogP contribution in [-0.2, 0) is 17.8 Å². The maximum absolute atomic E-state index is 11.7. The van der Waals surface area contributed by atoms with E-state index >= 15 is 0 Å². The molecule has 3 heterocycles. The van der Waals surface area contributed by atoms with Crippen LogP contribution in [0.2, 0.25) is 0 Å². The van der Waals surface area contributed by atoms with Gasteiger partial charge in [0.15, 0.2) is 0 Å². The topological polar surface area (TPSA) is 82.6 Å². The van der Waals surface area contributed by atoms with Crippen LogP contribution in [0, 0.1) is 0 Å². The highest BCUT2D eigenvalue weighted by atomic mass is 16.6. The highest BCUT2D eigenvalue weighted by molar-refractivity contribution is 5.88. The Bertz CT molecular complexity index is 776. The minimum absolute atomic E-state index is 0.361. The second kappa shape index (κ2) is 8.32. The number of benzene rings is 1. The molecule has 2 N–H and O–H groups in total. The van der Waals surface area contributed by atoms with Gasteiger partial charge in [0.05, 0.1) is 6.54 Å². The van der Waals surface area contributed by atoms with E-state index in [1.807, 2.05) is 0 Å². The summed E-state index contributed by atoms with van der Waals surface area (Å²) >= 11 is 0. The first-order chi connectivity index (χ1) is 13.3. The van der Waals surface area contributed by atoms with E-state index in [2.05, 4.69) is 49.8 Å². The summed E-state index contributed by atoms with van der Waals surface area (Å²) < 4.78 is 4.95. The van der Waals surface area contributed by atoms with Gasteiger partial charge in [0.25, 0.3) is 0 Å². The van der Waals surface area contributed by atoms with Gasteiger partial charge in [-0.25, -0.2) is 9.78 Å². The van der Waals surface area contributed by atoms with Crippen molar-refractivity contribution in [3.8, 4) is 0 Å². The lowest BCUT2D eigenvalue weighted by molar-refractivity contribution is 0.181. The zero-order valence-corrected chi connectivity index (χ0v) is 15.2. The molecule has 27 heavy (non-hydrogen) atoms. The number of aromatic nitrogens is 2. The molecule has 2 fully saturated rings. The van der Waals surface area contributed by atoms with Crippen molar-refractivity contribution in [1.29, 1.82) is 0 Å². The van der Waals surface area contributed by atoms with E-state index in [0.717, 1.165) is 38.3 Å². The Morgan fingerprint density at radius 1 is 1.07 bits per heavy atom.